The molecular weight excluding hydrogens is 260 g/mol. The van der Waals surface area contributed by atoms with E-state index in [4.69, 9.17) is 9.47 Å². The van der Waals surface area contributed by atoms with Crippen molar-refractivity contribution < 1.29 is 19.4 Å². The number of alkyl carbamates (subject to hydrolysis) is 1. The molecule has 1 unspecified atom stereocenters. The van der Waals surface area contributed by atoms with Crippen molar-refractivity contribution in [3.63, 3.8) is 0 Å². The van der Waals surface area contributed by atoms with Gasteiger partial charge in [-0.3, -0.25) is 4.98 Å². The fraction of sp³-hybridized carbons (Fsp3) is 0.571. The highest BCUT2D eigenvalue weighted by atomic mass is 16.6. The minimum atomic E-state index is -0.939. The summed E-state index contributed by atoms with van der Waals surface area (Å²) in [5.74, 6) is 0.519. The molecule has 0 aliphatic heterocycles. The summed E-state index contributed by atoms with van der Waals surface area (Å²) in [6.07, 6.45) is 1.57. The lowest BCUT2D eigenvalue weighted by Gasteiger charge is -2.25. The van der Waals surface area contributed by atoms with Gasteiger partial charge in [-0.05, 0) is 33.8 Å². The summed E-state index contributed by atoms with van der Waals surface area (Å²) in [7, 11) is 1.51. The Hall–Kier alpha value is -1.82. The lowest BCUT2D eigenvalue weighted by atomic mass is 10.0. The topological polar surface area (TPSA) is 80.7 Å². The van der Waals surface area contributed by atoms with Gasteiger partial charge in [0.1, 0.15) is 17.5 Å². The van der Waals surface area contributed by atoms with Crippen LogP contribution in [0.3, 0.4) is 0 Å². The Morgan fingerprint density at radius 2 is 2.10 bits per heavy atom. The lowest BCUT2D eigenvalue weighted by Crippen LogP contribution is -2.40. The number of aliphatic hydroxyl groups excluding tert-OH is 1. The molecule has 6 heteroatoms. The Bertz CT molecular complexity index is 457. The molecule has 0 radical (unpaired) electrons. The van der Waals surface area contributed by atoms with E-state index in [1.165, 1.54) is 13.3 Å². The summed E-state index contributed by atoms with van der Waals surface area (Å²) in [5.41, 5.74) is -0.0700. The Balaban J connectivity index is 2.72. The highest BCUT2D eigenvalue weighted by molar-refractivity contribution is 5.68. The maximum atomic E-state index is 11.7. The van der Waals surface area contributed by atoms with Gasteiger partial charge >= 0.3 is 6.09 Å². The van der Waals surface area contributed by atoms with Crippen molar-refractivity contribution in [2.45, 2.75) is 45.4 Å². The molecule has 0 saturated carbocycles. The molecule has 0 bridgehead atoms. The molecule has 112 valence electrons. The third-order valence-corrected chi connectivity index (χ3v) is 2.57. The largest absolute Gasteiger partial charge is 0.496 e. The molecule has 1 aromatic heterocycles. The molecule has 0 saturated heterocycles. The van der Waals surface area contributed by atoms with Gasteiger partial charge in [-0.25, -0.2) is 4.79 Å². The number of amides is 1. The number of methoxy groups -OCH3 is 1. The van der Waals surface area contributed by atoms with E-state index in [2.05, 4.69) is 10.3 Å². The molecule has 20 heavy (non-hydrogen) atoms. The van der Waals surface area contributed by atoms with Crippen molar-refractivity contribution in [2.75, 3.05) is 7.11 Å². The molecule has 0 spiro atoms. The second-order valence-electron chi connectivity index (χ2n) is 5.50. The zero-order valence-corrected chi connectivity index (χ0v) is 12.5. The van der Waals surface area contributed by atoms with E-state index in [1.54, 1.807) is 40.0 Å². The van der Waals surface area contributed by atoms with Crippen molar-refractivity contribution in [2.24, 2.45) is 0 Å². The molecule has 0 fully saturated rings. The van der Waals surface area contributed by atoms with Crippen LogP contribution < -0.4 is 10.1 Å². The van der Waals surface area contributed by atoms with Gasteiger partial charge in [-0.2, -0.15) is 0 Å². The van der Waals surface area contributed by atoms with Crippen LogP contribution in [0.5, 0.6) is 5.75 Å². The number of pyridine rings is 1. The number of nitrogens with one attached hydrogen (secondary N) is 1. The Morgan fingerprint density at radius 1 is 1.45 bits per heavy atom. The van der Waals surface area contributed by atoms with Crippen molar-refractivity contribution in [1.29, 1.82) is 0 Å². The van der Waals surface area contributed by atoms with E-state index in [1.807, 2.05) is 0 Å². The first kappa shape index (κ1) is 16.2. The van der Waals surface area contributed by atoms with Crippen molar-refractivity contribution in [1.82, 2.24) is 10.3 Å². The molecule has 6 nitrogen and oxygen atoms in total. The average molecular weight is 282 g/mol. The van der Waals surface area contributed by atoms with Crippen molar-refractivity contribution in [3.05, 3.63) is 24.0 Å². The average Bonchev–Trinajstić information content (AvgIpc) is 2.35. The monoisotopic (exact) mass is 282 g/mol. The zero-order valence-electron chi connectivity index (χ0n) is 12.5. The Morgan fingerprint density at radius 3 is 2.65 bits per heavy atom. The van der Waals surface area contributed by atoms with E-state index in [9.17, 15) is 9.90 Å². The number of carbonyl (C=O) groups excluding carboxylic acids is 1. The minimum absolute atomic E-state index is 0.513. The maximum Gasteiger partial charge on any atom is 0.407 e. The molecule has 2 N–H and O–H groups in total. The number of hydrogen-bond acceptors (Lipinski definition) is 5. The number of aromatic nitrogens is 1. The van der Waals surface area contributed by atoms with Crippen LogP contribution in [0, 0.1) is 0 Å². The summed E-state index contributed by atoms with van der Waals surface area (Å²) in [4.78, 5) is 15.6. The van der Waals surface area contributed by atoms with Crippen molar-refractivity contribution >= 4 is 6.09 Å². The first-order valence-electron chi connectivity index (χ1n) is 6.40. The summed E-state index contributed by atoms with van der Waals surface area (Å²) in [6.45, 7) is 7.01. The van der Waals surface area contributed by atoms with Crippen molar-refractivity contribution in [3.8, 4) is 5.75 Å². The fourth-order valence-electron chi connectivity index (χ4n) is 1.64. The third-order valence-electron chi connectivity index (χ3n) is 2.57. The van der Waals surface area contributed by atoms with E-state index < -0.39 is 23.8 Å². The number of carbonyl (C=O) groups is 1. The van der Waals surface area contributed by atoms with Gasteiger partial charge in [0.25, 0.3) is 0 Å². The van der Waals surface area contributed by atoms with Crippen LogP contribution in [0.4, 0.5) is 4.79 Å². The molecule has 2 atom stereocenters. The van der Waals surface area contributed by atoms with E-state index >= 15 is 0 Å². The highest BCUT2D eigenvalue weighted by Crippen LogP contribution is 2.26. The number of rotatable bonds is 4. The Kier molecular flexibility index (Phi) is 5.33. The summed E-state index contributed by atoms with van der Waals surface area (Å²) < 4.78 is 10.3. The van der Waals surface area contributed by atoms with Crippen LogP contribution in [0.2, 0.25) is 0 Å². The SMILES string of the molecule is COc1ccncc1C(O)[C@@H](C)NC(=O)OC(C)(C)C. The summed E-state index contributed by atoms with van der Waals surface area (Å²) >= 11 is 0. The standard InChI is InChI=1S/C14H22N2O4/c1-9(16-13(18)20-14(2,3)4)12(17)10-8-15-7-6-11(10)19-5/h6-9,12,17H,1-5H3,(H,16,18)/t9-,12?/m1/s1. The summed E-state index contributed by atoms with van der Waals surface area (Å²) in [5, 5.41) is 12.8. The zero-order chi connectivity index (χ0) is 15.3. The van der Waals surface area contributed by atoms with Gasteiger partial charge in [-0.1, -0.05) is 0 Å². The first-order valence-corrected chi connectivity index (χ1v) is 6.40. The normalized spacial score (nSPS) is 14.3. The van der Waals surface area contributed by atoms with Gasteiger partial charge in [-0.15, -0.1) is 0 Å². The van der Waals surface area contributed by atoms with Crippen LogP contribution in [-0.4, -0.2) is 34.9 Å². The van der Waals surface area contributed by atoms with E-state index in [0.717, 1.165) is 0 Å². The number of ether oxygens (including phenoxy) is 2. The molecule has 1 rings (SSSR count). The molecular formula is C14H22N2O4. The third kappa shape index (κ3) is 4.70. The van der Waals surface area contributed by atoms with Gasteiger partial charge in [0.05, 0.1) is 13.2 Å². The van der Waals surface area contributed by atoms with Crippen LogP contribution in [0.25, 0.3) is 0 Å². The van der Waals surface area contributed by atoms with Crippen LogP contribution in [0.1, 0.15) is 39.4 Å². The molecule has 0 aliphatic carbocycles. The molecule has 0 aromatic carbocycles. The van der Waals surface area contributed by atoms with Crippen LogP contribution >= 0.6 is 0 Å². The second kappa shape index (κ2) is 6.56. The minimum Gasteiger partial charge on any atom is -0.496 e. The van der Waals surface area contributed by atoms with Crippen LogP contribution in [-0.2, 0) is 4.74 Å². The first-order chi connectivity index (χ1) is 9.24. The fourth-order valence-corrected chi connectivity index (χ4v) is 1.64. The number of hydrogen-bond donors (Lipinski definition) is 2. The van der Waals surface area contributed by atoms with Gasteiger partial charge < -0.3 is 19.9 Å². The van der Waals surface area contributed by atoms with E-state index in [-0.39, 0.29) is 0 Å². The summed E-state index contributed by atoms with van der Waals surface area (Å²) in [6, 6.07) is 1.11. The second-order valence-corrected chi connectivity index (χ2v) is 5.50. The van der Waals surface area contributed by atoms with Gasteiger partial charge in [0, 0.05) is 18.0 Å². The molecule has 1 amide bonds. The molecule has 1 aromatic rings. The van der Waals surface area contributed by atoms with Crippen LogP contribution in [0.15, 0.2) is 18.5 Å². The van der Waals surface area contributed by atoms with E-state index in [0.29, 0.717) is 11.3 Å². The Labute approximate surface area is 119 Å². The smallest absolute Gasteiger partial charge is 0.407 e. The maximum absolute atomic E-state index is 11.7. The lowest BCUT2D eigenvalue weighted by molar-refractivity contribution is 0.0433. The molecule has 1 heterocycles. The number of nitrogens with zero attached hydrogens (tertiary/aromatic N) is 1. The van der Waals surface area contributed by atoms with Gasteiger partial charge in [0.2, 0.25) is 0 Å². The quantitative estimate of drug-likeness (QED) is 0.883. The van der Waals surface area contributed by atoms with Gasteiger partial charge in [0.15, 0.2) is 0 Å². The highest BCUT2D eigenvalue weighted by Gasteiger charge is 2.24. The number of aliphatic hydroxyl groups is 1. The predicted octanol–water partition coefficient (Wildman–Crippen LogP) is 2.04. The molecule has 0 aliphatic rings. The predicted molar refractivity (Wildman–Crippen MR) is 74.6 cm³/mol.